The first-order valence-electron chi connectivity index (χ1n) is 6.59. The highest BCUT2D eigenvalue weighted by Crippen LogP contribution is 2.42. The number of methoxy groups -OCH3 is 1. The largest absolute Gasteiger partial charge is 0.507 e. The fourth-order valence-corrected chi connectivity index (χ4v) is 2.32. The van der Waals surface area contributed by atoms with Gasteiger partial charge >= 0.3 is 0 Å². The molecular formula is C16H14ClFN2O3. The normalized spacial score (nSPS) is 10.8. The first-order valence-corrected chi connectivity index (χ1v) is 6.97. The maximum atomic E-state index is 13.2. The van der Waals surface area contributed by atoms with Crippen LogP contribution in [0.25, 0.3) is 11.1 Å². The van der Waals surface area contributed by atoms with E-state index < -0.39 is 5.82 Å². The van der Waals surface area contributed by atoms with E-state index in [1.54, 1.807) is 6.07 Å². The van der Waals surface area contributed by atoms with Crippen LogP contribution in [-0.4, -0.2) is 24.3 Å². The van der Waals surface area contributed by atoms with Crippen LogP contribution in [0.2, 0.25) is 5.02 Å². The van der Waals surface area contributed by atoms with Crippen molar-refractivity contribution in [1.29, 1.82) is 0 Å². The zero-order valence-electron chi connectivity index (χ0n) is 12.4. The second-order valence-electron chi connectivity index (χ2n) is 4.63. The predicted molar refractivity (Wildman–Crippen MR) is 86.5 cm³/mol. The molecule has 0 heterocycles. The Morgan fingerprint density at radius 3 is 2.74 bits per heavy atom. The van der Waals surface area contributed by atoms with Crippen molar-refractivity contribution >= 4 is 23.7 Å². The third-order valence-electron chi connectivity index (χ3n) is 3.00. The summed E-state index contributed by atoms with van der Waals surface area (Å²) in [5.74, 6) is -0.582. The van der Waals surface area contributed by atoms with Crippen LogP contribution in [0.5, 0.6) is 11.5 Å². The number of hydrazone groups is 1. The number of ether oxygens (including phenoxy) is 1. The molecule has 2 rings (SSSR count). The Balaban J connectivity index is 2.58. The maximum Gasteiger partial charge on any atom is 0.236 e. The molecule has 0 unspecified atom stereocenters. The summed E-state index contributed by atoms with van der Waals surface area (Å²) < 4.78 is 18.6. The third kappa shape index (κ3) is 3.78. The molecular weight excluding hydrogens is 323 g/mol. The second-order valence-corrected chi connectivity index (χ2v) is 5.04. The number of hydrogen-bond donors (Lipinski definition) is 2. The van der Waals surface area contributed by atoms with Crippen molar-refractivity contribution in [2.75, 3.05) is 7.11 Å². The summed E-state index contributed by atoms with van der Waals surface area (Å²) in [4.78, 5) is 10.9. The first-order chi connectivity index (χ1) is 10.9. The number of hydrogen-bond acceptors (Lipinski definition) is 4. The van der Waals surface area contributed by atoms with Gasteiger partial charge in [-0.15, -0.1) is 0 Å². The number of nitrogens with one attached hydrogen (secondary N) is 1. The van der Waals surface area contributed by atoms with Gasteiger partial charge in [0.1, 0.15) is 17.3 Å². The molecule has 2 aromatic carbocycles. The van der Waals surface area contributed by atoms with Crippen LogP contribution in [0.15, 0.2) is 35.4 Å². The van der Waals surface area contributed by atoms with Crippen LogP contribution in [0.4, 0.5) is 4.39 Å². The molecule has 2 aromatic rings. The van der Waals surface area contributed by atoms with Crippen molar-refractivity contribution in [1.82, 2.24) is 5.43 Å². The van der Waals surface area contributed by atoms with Gasteiger partial charge in [0.05, 0.1) is 23.9 Å². The topological polar surface area (TPSA) is 70.9 Å². The predicted octanol–water partition coefficient (Wildman–Crippen LogP) is 3.33. The zero-order valence-corrected chi connectivity index (χ0v) is 13.2. The number of halogens is 2. The Hall–Kier alpha value is -2.60. The molecule has 0 spiro atoms. The molecule has 0 radical (unpaired) electrons. The van der Waals surface area contributed by atoms with Crippen LogP contribution in [0.3, 0.4) is 0 Å². The quantitative estimate of drug-likeness (QED) is 0.664. The Bertz CT molecular complexity index is 778. The zero-order chi connectivity index (χ0) is 17.0. The third-order valence-corrected chi connectivity index (χ3v) is 3.31. The van der Waals surface area contributed by atoms with Gasteiger partial charge < -0.3 is 9.84 Å². The van der Waals surface area contributed by atoms with Gasteiger partial charge in [-0.2, -0.15) is 5.10 Å². The number of phenolic OH excluding ortho intramolecular Hbond substituents is 1. The molecule has 0 fully saturated rings. The summed E-state index contributed by atoms with van der Waals surface area (Å²) in [7, 11) is 1.42. The first kappa shape index (κ1) is 16.8. The SMILES string of the molecule is COc1c(/C=N/NC(C)=O)ccc(O)c1-c1ccc(F)cc1Cl. The van der Waals surface area contributed by atoms with Gasteiger partial charge in [-0.05, 0) is 30.3 Å². The van der Waals surface area contributed by atoms with E-state index in [4.69, 9.17) is 16.3 Å². The number of carbonyl (C=O) groups is 1. The number of phenols is 1. The monoisotopic (exact) mass is 336 g/mol. The maximum absolute atomic E-state index is 13.2. The number of benzene rings is 2. The van der Waals surface area contributed by atoms with E-state index in [-0.39, 0.29) is 16.7 Å². The average Bonchev–Trinajstić information content (AvgIpc) is 2.49. The molecule has 0 aliphatic heterocycles. The van der Waals surface area contributed by atoms with Crippen LogP contribution >= 0.6 is 11.6 Å². The summed E-state index contributed by atoms with van der Waals surface area (Å²) >= 11 is 6.07. The lowest BCUT2D eigenvalue weighted by Gasteiger charge is -2.14. The summed E-state index contributed by atoms with van der Waals surface area (Å²) in [6.07, 6.45) is 1.38. The van der Waals surface area contributed by atoms with Crippen molar-refractivity contribution < 1.29 is 19.0 Å². The molecule has 0 saturated carbocycles. The summed E-state index contributed by atoms with van der Waals surface area (Å²) in [5, 5.41) is 14.1. The molecule has 120 valence electrons. The van der Waals surface area contributed by atoms with Crippen LogP contribution in [0.1, 0.15) is 12.5 Å². The molecule has 23 heavy (non-hydrogen) atoms. The number of rotatable bonds is 4. The van der Waals surface area contributed by atoms with Crippen LogP contribution in [-0.2, 0) is 4.79 Å². The average molecular weight is 337 g/mol. The standard InChI is InChI=1S/C16H14ClFN2O3/c1-9(21)20-19-8-10-3-6-14(22)15(16(10)23-2)12-5-4-11(18)7-13(12)17/h3-8,22H,1-2H3,(H,20,21)/b19-8+. The highest BCUT2D eigenvalue weighted by atomic mass is 35.5. The smallest absolute Gasteiger partial charge is 0.236 e. The number of carbonyl (C=O) groups excluding carboxylic acids is 1. The summed E-state index contributed by atoms with van der Waals surface area (Å²) in [6, 6.07) is 6.84. The Kier molecular flexibility index (Phi) is 5.18. The molecule has 0 aliphatic rings. The molecule has 0 bridgehead atoms. The number of nitrogens with zero attached hydrogens (tertiary/aromatic N) is 1. The van der Waals surface area contributed by atoms with E-state index in [1.165, 1.54) is 38.4 Å². The van der Waals surface area contributed by atoms with Gasteiger partial charge in [-0.1, -0.05) is 11.6 Å². The van der Waals surface area contributed by atoms with E-state index in [0.29, 0.717) is 22.4 Å². The number of aromatic hydroxyl groups is 1. The molecule has 0 atom stereocenters. The van der Waals surface area contributed by atoms with E-state index in [1.807, 2.05) is 0 Å². The lowest BCUT2D eigenvalue weighted by Crippen LogP contribution is -2.12. The molecule has 0 saturated heterocycles. The van der Waals surface area contributed by atoms with E-state index in [9.17, 15) is 14.3 Å². The minimum Gasteiger partial charge on any atom is -0.507 e. The Morgan fingerprint density at radius 2 is 2.13 bits per heavy atom. The molecule has 7 heteroatoms. The molecule has 0 aliphatic carbocycles. The van der Waals surface area contributed by atoms with E-state index in [0.717, 1.165) is 6.07 Å². The van der Waals surface area contributed by atoms with Crippen molar-refractivity contribution in [3.05, 3.63) is 46.7 Å². The minimum absolute atomic E-state index is 0.0768. The molecule has 0 aromatic heterocycles. The van der Waals surface area contributed by atoms with Crippen molar-refractivity contribution in [2.45, 2.75) is 6.92 Å². The second kappa shape index (κ2) is 7.11. The van der Waals surface area contributed by atoms with Crippen molar-refractivity contribution in [2.24, 2.45) is 5.10 Å². The van der Waals surface area contributed by atoms with Crippen molar-refractivity contribution in [3.63, 3.8) is 0 Å². The van der Waals surface area contributed by atoms with Gasteiger partial charge in [-0.25, -0.2) is 9.82 Å². The van der Waals surface area contributed by atoms with Gasteiger partial charge in [0.15, 0.2) is 0 Å². The summed E-state index contributed by atoms with van der Waals surface area (Å²) in [5.41, 5.74) is 3.51. The minimum atomic E-state index is -0.486. The number of amides is 1. The molecule has 1 amide bonds. The fraction of sp³-hybridized carbons (Fsp3) is 0.125. The fourth-order valence-electron chi connectivity index (χ4n) is 2.06. The highest BCUT2D eigenvalue weighted by molar-refractivity contribution is 6.33. The van der Waals surface area contributed by atoms with Gasteiger partial charge in [-0.3, -0.25) is 4.79 Å². The van der Waals surface area contributed by atoms with Gasteiger partial charge in [0, 0.05) is 18.1 Å². The van der Waals surface area contributed by atoms with Crippen molar-refractivity contribution in [3.8, 4) is 22.6 Å². The van der Waals surface area contributed by atoms with E-state index in [2.05, 4.69) is 10.5 Å². The van der Waals surface area contributed by atoms with Gasteiger partial charge in [0.2, 0.25) is 5.91 Å². The van der Waals surface area contributed by atoms with Crippen LogP contribution in [0, 0.1) is 5.82 Å². The molecule has 5 nitrogen and oxygen atoms in total. The lowest BCUT2D eigenvalue weighted by molar-refractivity contribution is -0.118. The Labute approximate surface area is 137 Å². The molecule has 2 N–H and O–H groups in total. The van der Waals surface area contributed by atoms with Gasteiger partial charge in [0.25, 0.3) is 0 Å². The van der Waals surface area contributed by atoms with E-state index >= 15 is 0 Å². The highest BCUT2D eigenvalue weighted by Gasteiger charge is 2.17. The van der Waals surface area contributed by atoms with Crippen LogP contribution < -0.4 is 10.2 Å². The Morgan fingerprint density at radius 1 is 1.39 bits per heavy atom. The summed E-state index contributed by atoms with van der Waals surface area (Å²) in [6.45, 7) is 1.33. The lowest BCUT2D eigenvalue weighted by atomic mass is 10.00.